The van der Waals surface area contributed by atoms with Crippen LogP contribution < -0.4 is 4.90 Å². The van der Waals surface area contributed by atoms with E-state index in [0.29, 0.717) is 11.0 Å². The van der Waals surface area contributed by atoms with Gasteiger partial charge >= 0.3 is 11.9 Å². The molecule has 2 aliphatic rings. The fourth-order valence-electron chi connectivity index (χ4n) is 4.67. The number of alkyl halides is 1. The molecule has 1 saturated heterocycles. The van der Waals surface area contributed by atoms with Gasteiger partial charge in [-0.3, -0.25) is 19.3 Å². The Morgan fingerprint density at radius 3 is 2.23 bits per heavy atom. The lowest BCUT2D eigenvalue weighted by Crippen LogP contribution is -2.70. The predicted molar refractivity (Wildman–Crippen MR) is 157 cm³/mol. The zero-order valence-corrected chi connectivity index (χ0v) is 24.6. The number of fused-ring (bicyclic) bond motifs is 1. The number of amides is 2. The minimum Gasteiger partial charge on any atom is -0.461 e. The van der Waals surface area contributed by atoms with E-state index in [2.05, 4.69) is 15.9 Å². The number of anilines is 1. The number of carbonyl (C=O) groups is 4. The molecule has 0 spiro atoms. The lowest BCUT2D eigenvalue weighted by atomic mass is 10.0. The Hall–Kier alpha value is -3.41. The number of β-lactam (4-membered cyclic amide) rings is 1. The van der Waals surface area contributed by atoms with Crippen molar-refractivity contribution < 1.29 is 28.7 Å². The molecule has 2 unspecified atom stereocenters. The summed E-state index contributed by atoms with van der Waals surface area (Å²) in [5, 5.41) is 2.37. The van der Waals surface area contributed by atoms with Gasteiger partial charge in [0.05, 0.1) is 11.3 Å². The van der Waals surface area contributed by atoms with Crippen molar-refractivity contribution in [2.45, 2.75) is 29.7 Å². The standard InChI is InChI=1S/C29H25BrN2O6S2/c1-18(33)32(21-12-15-39-17-21)23-26(34)31-16-22(28(35)37-14-13-30)25(40-27(23)31)29(36)38-24(19-8-4-2-5-9-19)20-10-6-3-7-11-20/h2-12,15-17,23-25,27H,13-14H2,1H3/t23?,25?,27-/m1/s1. The van der Waals surface area contributed by atoms with E-state index in [0.717, 1.165) is 22.9 Å². The van der Waals surface area contributed by atoms with Gasteiger partial charge < -0.3 is 14.4 Å². The average molecular weight is 642 g/mol. The maximum atomic E-state index is 13.9. The number of benzene rings is 2. The number of thioether (sulfide) groups is 1. The number of hydrogen-bond acceptors (Lipinski definition) is 8. The molecule has 8 nitrogen and oxygen atoms in total. The van der Waals surface area contributed by atoms with Crippen LogP contribution in [0.25, 0.3) is 0 Å². The van der Waals surface area contributed by atoms with Gasteiger partial charge in [0.25, 0.3) is 5.91 Å². The third-order valence-electron chi connectivity index (χ3n) is 6.49. The lowest BCUT2D eigenvalue weighted by molar-refractivity contribution is -0.149. The summed E-state index contributed by atoms with van der Waals surface area (Å²) in [4.78, 5) is 55.6. The Morgan fingerprint density at radius 2 is 1.68 bits per heavy atom. The van der Waals surface area contributed by atoms with Crippen molar-refractivity contribution in [3.05, 3.63) is 100 Å². The summed E-state index contributed by atoms with van der Waals surface area (Å²) in [6.45, 7) is 1.49. The van der Waals surface area contributed by atoms with E-state index in [9.17, 15) is 19.2 Å². The fourth-order valence-corrected chi connectivity index (χ4v) is 6.89. The minimum atomic E-state index is -1.08. The first-order valence-corrected chi connectivity index (χ1v) is 15.5. The molecular formula is C29H25BrN2O6S2. The summed E-state index contributed by atoms with van der Waals surface area (Å²) in [6.07, 6.45) is 0.653. The fraction of sp³-hybridized carbons (Fsp3) is 0.241. The van der Waals surface area contributed by atoms with E-state index in [4.69, 9.17) is 9.47 Å². The van der Waals surface area contributed by atoms with Crippen LogP contribution in [0.4, 0.5) is 5.69 Å². The smallest absolute Gasteiger partial charge is 0.337 e. The summed E-state index contributed by atoms with van der Waals surface area (Å²) in [5.74, 6) is -1.99. The maximum absolute atomic E-state index is 13.9. The highest BCUT2D eigenvalue weighted by atomic mass is 79.9. The summed E-state index contributed by atoms with van der Waals surface area (Å²) >= 11 is 5.75. The van der Waals surface area contributed by atoms with Crippen molar-refractivity contribution in [1.82, 2.24) is 4.90 Å². The lowest BCUT2D eigenvalue weighted by Gasteiger charge is -2.51. The molecule has 2 amide bonds. The van der Waals surface area contributed by atoms with Crippen LogP contribution in [0.5, 0.6) is 0 Å². The van der Waals surface area contributed by atoms with Crippen LogP contribution in [-0.2, 0) is 28.7 Å². The Labute approximate surface area is 248 Å². The molecule has 40 heavy (non-hydrogen) atoms. The maximum Gasteiger partial charge on any atom is 0.337 e. The molecule has 206 valence electrons. The Morgan fingerprint density at radius 1 is 1.02 bits per heavy atom. The molecule has 3 heterocycles. The van der Waals surface area contributed by atoms with Gasteiger partial charge in [0.15, 0.2) is 6.10 Å². The molecule has 0 N–H and O–H groups in total. The van der Waals surface area contributed by atoms with Crippen LogP contribution in [0.3, 0.4) is 0 Å². The van der Waals surface area contributed by atoms with Gasteiger partial charge in [-0.25, -0.2) is 4.79 Å². The van der Waals surface area contributed by atoms with Crippen LogP contribution >= 0.6 is 39.0 Å². The van der Waals surface area contributed by atoms with Crippen LogP contribution in [0, 0.1) is 0 Å². The van der Waals surface area contributed by atoms with Crippen LogP contribution in [-0.4, -0.2) is 57.3 Å². The molecule has 1 fully saturated rings. The Bertz CT molecular complexity index is 1380. The van der Waals surface area contributed by atoms with E-state index in [1.54, 1.807) is 11.4 Å². The predicted octanol–water partition coefficient (Wildman–Crippen LogP) is 4.91. The highest BCUT2D eigenvalue weighted by Gasteiger charge is 2.57. The number of nitrogens with zero attached hydrogens (tertiary/aromatic N) is 2. The molecule has 0 bridgehead atoms. The molecule has 2 aliphatic heterocycles. The zero-order valence-electron chi connectivity index (χ0n) is 21.3. The van der Waals surface area contributed by atoms with E-state index in [1.807, 2.05) is 66.0 Å². The average Bonchev–Trinajstić information content (AvgIpc) is 3.51. The second-order valence-electron chi connectivity index (χ2n) is 9.02. The van der Waals surface area contributed by atoms with E-state index in [-0.39, 0.29) is 24.0 Å². The molecule has 0 saturated carbocycles. The molecule has 3 atom stereocenters. The van der Waals surface area contributed by atoms with Crippen LogP contribution in [0.2, 0.25) is 0 Å². The Balaban J connectivity index is 1.47. The second-order valence-corrected chi connectivity index (χ2v) is 11.8. The number of ether oxygens (including phenoxy) is 2. The van der Waals surface area contributed by atoms with Gasteiger partial charge in [-0.05, 0) is 22.6 Å². The quantitative estimate of drug-likeness (QED) is 0.186. The SMILES string of the molecule is CC(=O)N(c1ccsc1)C1C(=O)N2C=C(C(=O)OCCBr)C(C(=O)OC(c3ccccc3)c3ccccc3)S[C@H]12. The highest BCUT2D eigenvalue weighted by molar-refractivity contribution is 9.09. The van der Waals surface area contributed by atoms with Gasteiger partial charge in [-0.15, -0.1) is 11.8 Å². The topological polar surface area (TPSA) is 93.2 Å². The summed E-state index contributed by atoms with van der Waals surface area (Å²) in [5.41, 5.74) is 2.17. The molecule has 11 heteroatoms. The number of hydrogen-bond donors (Lipinski definition) is 0. The number of rotatable bonds is 9. The number of esters is 2. The van der Waals surface area contributed by atoms with Crippen molar-refractivity contribution in [3.8, 4) is 0 Å². The van der Waals surface area contributed by atoms with Crippen molar-refractivity contribution >= 4 is 68.5 Å². The highest BCUT2D eigenvalue weighted by Crippen LogP contribution is 2.45. The van der Waals surface area contributed by atoms with Crippen LogP contribution in [0.1, 0.15) is 24.2 Å². The normalized spacial score (nSPS) is 19.8. The van der Waals surface area contributed by atoms with Crippen LogP contribution in [0.15, 0.2) is 89.3 Å². The largest absolute Gasteiger partial charge is 0.461 e. The Kier molecular flexibility index (Phi) is 8.72. The minimum absolute atomic E-state index is 0.0174. The first-order valence-electron chi connectivity index (χ1n) is 12.5. The zero-order chi connectivity index (χ0) is 28.2. The second kappa shape index (κ2) is 12.4. The summed E-state index contributed by atoms with van der Waals surface area (Å²) in [7, 11) is 0. The monoisotopic (exact) mass is 640 g/mol. The van der Waals surface area contributed by atoms with Crippen molar-refractivity contribution in [3.63, 3.8) is 0 Å². The molecule has 5 rings (SSSR count). The van der Waals surface area contributed by atoms with Gasteiger partial charge in [-0.2, -0.15) is 11.3 Å². The molecular weight excluding hydrogens is 616 g/mol. The van der Waals surface area contributed by atoms with Crippen molar-refractivity contribution in [2.75, 3.05) is 16.8 Å². The third kappa shape index (κ3) is 5.59. The summed E-state index contributed by atoms with van der Waals surface area (Å²) in [6, 6.07) is 19.6. The van der Waals surface area contributed by atoms with E-state index in [1.165, 1.54) is 34.3 Å². The third-order valence-corrected chi connectivity index (χ3v) is 8.97. The van der Waals surface area contributed by atoms with Gasteiger partial charge in [-0.1, -0.05) is 76.6 Å². The van der Waals surface area contributed by atoms with E-state index >= 15 is 0 Å². The van der Waals surface area contributed by atoms with Crippen molar-refractivity contribution in [1.29, 1.82) is 0 Å². The van der Waals surface area contributed by atoms with Gasteiger partial charge in [0.1, 0.15) is 23.3 Å². The number of thiophene rings is 1. The number of carbonyl (C=O) groups excluding carboxylic acids is 4. The molecule has 1 aromatic heterocycles. The van der Waals surface area contributed by atoms with Crippen molar-refractivity contribution in [2.24, 2.45) is 0 Å². The van der Waals surface area contributed by atoms with Gasteiger partial charge in [0, 0.05) is 23.8 Å². The first kappa shape index (κ1) is 28.1. The first-order chi connectivity index (χ1) is 19.4. The molecule has 3 aromatic rings. The molecule has 0 aliphatic carbocycles. The molecule has 0 radical (unpaired) electrons. The number of halogens is 1. The molecule has 2 aromatic carbocycles. The van der Waals surface area contributed by atoms with E-state index < -0.39 is 34.7 Å². The van der Waals surface area contributed by atoms with Gasteiger partial charge in [0.2, 0.25) is 5.91 Å². The summed E-state index contributed by atoms with van der Waals surface area (Å²) < 4.78 is 11.4.